The van der Waals surface area contributed by atoms with Crippen molar-refractivity contribution in [1.29, 1.82) is 0 Å². The second-order valence-corrected chi connectivity index (χ2v) is 5.62. The third-order valence-corrected chi connectivity index (χ3v) is 4.24. The summed E-state index contributed by atoms with van der Waals surface area (Å²) in [6.45, 7) is 2.80. The van der Waals surface area contributed by atoms with Gasteiger partial charge in [0.15, 0.2) is 0 Å². The van der Waals surface area contributed by atoms with E-state index in [0.717, 1.165) is 18.7 Å². The SMILES string of the molecule is CCOC(C1CCCCC1)C(Cc1ccccn1)NN. The van der Waals surface area contributed by atoms with Gasteiger partial charge in [0.05, 0.1) is 12.1 Å². The van der Waals surface area contributed by atoms with Gasteiger partial charge < -0.3 is 4.74 Å². The molecule has 1 aromatic rings. The largest absolute Gasteiger partial charge is 0.377 e. The fraction of sp³-hybridized carbons (Fsp3) is 0.688. The molecule has 4 nitrogen and oxygen atoms in total. The number of nitrogens with two attached hydrogens (primary N) is 1. The predicted octanol–water partition coefficient (Wildman–Crippen LogP) is 2.44. The van der Waals surface area contributed by atoms with Crippen LogP contribution in [0.4, 0.5) is 0 Å². The third kappa shape index (κ3) is 4.27. The highest BCUT2D eigenvalue weighted by Gasteiger charge is 2.30. The summed E-state index contributed by atoms with van der Waals surface area (Å²) in [5, 5.41) is 0. The van der Waals surface area contributed by atoms with Gasteiger partial charge in [-0.05, 0) is 37.8 Å². The van der Waals surface area contributed by atoms with E-state index in [0.29, 0.717) is 5.92 Å². The van der Waals surface area contributed by atoms with Gasteiger partial charge in [0.2, 0.25) is 0 Å². The molecule has 1 aliphatic rings. The molecule has 0 radical (unpaired) electrons. The van der Waals surface area contributed by atoms with Crippen molar-refractivity contribution in [3.8, 4) is 0 Å². The van der Waals surface area contributed by atoms with Crippen molar-refractivity contribution in [2.45, 2.75) is 57.6 Å². The lowest BCUT2D eigenvalue weighted by molar-refractivity contribution is -0.0177. The number of ether oxygens (including phenoxy) is 1. The molecule has 0 aliphatic heterocycles. The normalized spacial score (nSPS) is 19.7. The lowest BCUT2D eigenvalue weighted by Crippen LogP contribution is -2.50. The monoisotopic (exact) mass is 277 g/mol. The Kier molecular flexibility index (Phi) is 6.43. The maximum atomic E-state index is 6.04. The molecule has 0 aromatic carbocycles. The Bertz CT molecular complexity index is 365. The molecule has 1 aromatic heterocycles. The number of hydrazine groups is 1. The van der Waals surface area contributed by atoms with E-state index < -0.39 is 0 Å². The molecule has 0 spiro atoms. The molecule has 0 bridgehead atoms. The zero-order valence-corrected chi connectivity index (χ0v) is 12.4. The quantitative estimate of drug-likeness (QED) is 0.593. The van der Waals surface area contributed by atoms with Crippen LogP contribution in [-0.4, -0.2) is 23.7 Å². The molecule has 20 heavy (non-hydrogen) atoms. The van der Waals surface area contributed by atoms with Gasteiger partial charge in [0.25, 0.3) is 0 Å². The first kappa shape index (κ1) is 15.4. The Morgan fingerprint density at radius 1 is 1.35 bits per heavy atom. The standard InChI is InChI=1S/C16H27N3O/c1-2-20-16(13-8-4-3-5-9-13)15(19-17)12-14-10-6-7-11-18-14/h6-7,10-11,13,15-16,19H,2-5,8-9,12,17H2,1H3. The minimum absolute atomic E-state index is 0.132. The van der Waals surface area contributed by atoms with E-state index in [1.165, 1.54) is 32.1 Å². The van der Waals surface area contributed by atoms with Crippen LogP contribution in [0.5, 0.6) is 0 Å². The number of nitrogens with one attached hydrogen (secondary N) is 1. The van der Waals surface area contributed by atoms with Crippen LogP contribution in [-0.2, 0) is 11.2 Å². The molecular formula is C16H27N3O. The molecule has 1 fully saturated rings. The van der Waals surface area contributed by atoms with Crippen LogP contribution >= 0.6 is 0 Å². The van der Waals surface area contributed by atoms with Gasteiger partial charge in [0, 0.05) is 24.9 Å². The van der Waals surface area contributed by atoms with E-state index >= 15 is 0 Å². The second-order valence-electron chi connectivity index (χ2n) is 5.62. The van der Waals surface area contributed by atoms with Crippen LogP contribution in [0.3, 0.4) is 0 Å². The van der Waals surface area contributed by atoms with Crippen LogP contribution in [0.2, 0.25) is 0 Å². The van der Waals surface area contributed by atoms with Crippen molar-refractivity contribution < 1.29 is 4.74 Å². The molecular weight excluding hydrogens is 250 g/mol. The first-order valence-electron chi connectivity index (χ1n) is 7.82. The molecule has 0 amide bonds. The molecule has 2 unspecified atom stereocenters. The van der Waals surface area contributed by atoms with Gasteiger partial charge in [-0.15, -0.1) is 0 Å². The van der Waals surface area contributed by atoms with Crippen molar-refractivity contribution in [1.82, 2.24) is 10.4 Å². The van der Waals surface area contributed by atoms with Gasteiger partial charge in [0.1, 0.15) is 0 Å². The zero-order valence-electron chi connectivity index (χ0n) is 12.4. The lowest BCUT2D eigenvalue weighted by atomic mass is 9.81. The average molecular weight is 277 g/mol. The van der Waals surface area contributed by atoms with Crippen molar-refractivity contribution in [3.05, 3.63) is 30.1 Å². The Hall–Kier alpha value is -0.970. The summed E-state index contributed by atoms with van der Waals surface area (Å²) in [6, 6.07) is 6.14. The third-order valence-electron chi connectivity index (χ3n) is 4.24. The number of hydrogen-bond donors (Lipinski definition) is 2. The highest BCUT2D eigenvalue weighted by molar-refractivity contribution is 5.06. The van der Waals surface area contributed by atoms with Gasteiger partial charge in [-0.3, -0.25) is 16.3 Å². The van der Waals surface area contributed by atoms with Crippen LogP contribution in [0.15, 0.2) is 24.4 Å². The topological polar surface area (TPSA) is 60.2 Å². The van der Waals surface area contributed by atoms with Crippen molar-refractivity contribution in [2.24, 2.45) is 11.8 Å². The van der Waals surface area contributed by atoms with Crippen molar-refractivity contribution in [2.75, 3.05) is 6.61 Å². The molecule has 1 heterocycles. The Morgan fingerprint density at radius 3 is 2.75 bits per heavy atom. The van der Waals surface area contributed by atoms with E-state index in [4.69, 9.17) is 10.6 Å². The van der Waals surface area contributed by atoms with Crippen LogP contribution in [0.1, 0.15) is 44.7 Å². The maximum absolute atomic E-state index is 6.04. The minimum atomic E-state index is 0.132. The van der Waals surface area contributed by atoms with Gasteiger partial charge in [-0.25, -0.2) is 0 Å². The summed E-state index contributed by atoms with van der Waals surface area (Å²) >= 11 is 0. The number of rotatable bonds is 7. The van der Waals surface area contributed by atoms with E-state index in [-0.39, 0.29) is 12.1 Å². The zero-order chi connectivity index (χ0) is 14.2. The Morgan fingerprint density at radius 2 is 2.15 bits per heavy atom. The lowest BCUT2D eigenvalue weighted by Gasteiger charge is -2.35. The maximum Gasteiger partial charge on any atom is 0.0773 e. The summed E-state index contributed by atoms with van der Waals surface area (Å²) in [6.07, 6.45) is 9.33. The fourth-order valence-electron chi connectivity index (χ4n) is 3.25. The molecule has 4 heteroatoms. The van der Waals surface area contributed by atoms with Crippen LogP contribution in [0, 0.1) is 5.92 Å². The summed E-state index contributed by atoms with van der Waals surface area (Å²) in [4.78, 5) is 4.40. The predicted molar refractivity (Wildman–Crippen MR) is 81.0 cm³/mol. The van der Waals surface area contributed by atoms with Gasteiger partial charge >= 0.3 is 0 Å². The molecule has 2 atom stereocenters. The summed E-state index contributed by atoms with van der Waals surface area (Å²) in [7, 11) is 0. The summed E-state index contributed by atoms with van der Waals surface area (Å²) in [5.41, 5.74) is 4.03. The van der Waals surface area contributed by atoms with Gasteiger partial charge in [-0.2, -0.15) is 0 Å². The smallest absolute Gasteiger partial charge is 0.0773 e. The fourth-order valence-corrected chi connectivity index (χ4v) is 3.25. The highest BCUT2D eigenvalue weighted by atomic mass is 16.5. The summed E-state index contributed by atoms with van der Waals surface area (Å²) < 4.78 is 6.04. The van der Waals surface area contributed by atoms with E-state index in [2.05, 4.69) is 17.3 Å². The van der Waals surface area contributed by atoms with Crippen molar-refractivity contribution >= 4 is 0 Å². The van der Waals surface area contributed by atoms with E-state index in [9.17, 15) is 0 Å². The molecule has 2 rings (SSSR count). The minimum Gasteiger partial charge on any atom is -0.377 e. The molecule has 3 N–H and O–H groups in total. The number of aromatic nitrogens is 1. The van der Waals surface area contributed by atoms with Crippen LogP contribution in [0.25, 0.3) is 0 Å². The van der Waals surface area contributed by atoms with Crippen LogP contribution < -0.4 is 11.3 Å². The van der Waals surface area contributed by atoms with E-state index in [1.807, 2.05) is 24.4 Å². The first-order valence-corrected chi connectivity index (χ1v) is 7.82. The Balaban J connectivity index is 2.03. The number of hydrogen-bond acceptors (Lipinski definition) is 4. The molecule has 1 saturated carbocycles. The second kappa shape index (κ2) is 8.35. The number of pyridine rings is 1. The first-order chi connectivity index (χ1) is 9.85. The Labute approximate surface area is 122 Å². The molecule has 112 valence electrons. The number of nitrogens with zero attached hydrogens (tertiary/aromatic N) is 1. The average Bonchev–Trinajstić information content (AvgIpc) is 2.52. The highest BCUT2D eigenvalue weighted by Crippen LogP contribution is 2.30. The van der Waals surface area contributed by atoms with Crippen molar-refractivity contribution in [3.63, 3.8) is 0 Å². The van der Waals surface area contributed by atoms with Gasteiger partial charge in [-0.1, -0.05) is 25.3 Å². The molecule has 1 aliphatic carbocycles. The van der Waals surface area contributed by atoms with E-state index in [1.54, 1.807) is 0 Å². The molecule has 0 saturated heterocycles. The summed E-state index contributed by atoms with van der Waals surface area (Å²) in [5.74, 6) is 6.42.